The molecule has 0 bridgehead atoms. The summed E-state index contributed by atoms with van der Waals surface area (Å²) in [6.45, 7) is 9.45. The van der Waals surface area contributed by atoms with Gasteiger partial charge in [0.05, 0.1) is 5.75 Å². The average Bonchev–Trinajstić information content (AvgIpc) is 3.32. The predicted octanol–water partition coefficient (Wildman–Crippen LogP) is 4.25. The molecule has 2 aromatic rings. The first-order valence-electron chi connectivity index (χ1n) is 9.37. The molecule has 0 atom stereocenters. The van der Waals surface area contributed by atoms with Crippen molar-refractivity contribution >= 4 is 45.5 Å². The van der Waals surface area contributed by atoms with Crippen molar-refractivity contribution < 1.29 is 4.79 Å². The fourth-order valence-electron chi connectivity index (χ4n) is 2.90. The second-order valence-corrected chi connectivity index (χ2v) is 9.38. The van der Waals surface area contributed by atoms with Gasteiger partial charge in [0.2, 0.25) is 11.0 Å². The largest absolute Gasteiger partial charge is 0.372 e. The second kappa shape index (κ2) is 9.41. The molecule has 1 aliphatic heterocycles. The van der Waals surface area contributed by atoms with E-state index < -0.39 is 0 Å². The van der Waals surface area contributed by atoms with Crippen LogP contribution in [0.15, 0.2) is 22.5 Å². The minimum absolute atomic E-state index is 0.0242. The Bertz CT molecular complexity index is 771. The number of rotatable bonds is 8. The lowest BCUT2D eigenvalue weighted by Crippen LogP contribution is -2.18. The highest BCUT2D eigenvalue weighted by molar-refractivity contribution is 8.01. The molecule has 0 aliphatic carbocycles. The zero-order valence-corrected chi connectivity index (χ0v) is 17.8. The Labute approximate surface area is 169 Å². The van der Waals surface area contributed by atoms with Gasteiger partial charge in [-0.2, -0.15) is 0 Å². The molecule has 1 aromatic heterocycles. The van der Waals surface area contributed by atoms with Gasteiger partial charge in [-0.3, -0.25) is 4.79 Å². The molecular formula is C19H27N5OS2. The maximum atomic E-state index is 12.3. The van der Waals surface area contributed by atoms with Crippen molar-refractivity contribution in [3.8, 4) is 0 Å². The lowest BCUT2D eigenvalue weighted by molar-refractivity contribution is -0.113. The minimum Gasteiger partial charge on any atom is -0.372 e. The summed E-state index contributed by atoms with van der Waals surface area (Å²) in [6.07, 6.45) is 2.52. The van der Waals surface area contributed by atoms with Crippen LogP contribution in [0.3, 0.4) is 0 Å². The van der Waals surface area contributed by atoms with Gasteiger partial charge in [0, 0.05) is 31.0 Å². The maximum Gasteiger partial charge on any atom is 0.234 e. The van der Waals surface area contributed by atoms with Gasteiger partial charge in [-0.05, 0) is 49.4 Å². The molecule has 2 heterocycles. The number of thioether (sulfide) groups is 1. The lowest BCUT2D eigenvalue weighted by atomic mass is 10.1. The summed E-state index contributed by atoms with van der Waals surface area (Å²) in [6, 6.07) is 6.26. The molecule has 8 heteroatoms. The average molecular weight is 406 g/mol. The van der Waals surface area contributed by atoms with Crippen LogP contribution in [0, 0.1) is 12.8 Å². The van der Waals surface area contributed by atoms with Crippen LogP contribution in [0.4, 0.5) is 16.5 Å². The van der Waals surface area contributed by atoms with Crippen molar-refractivity contribution in [3.63, 3.8) is 0 Å². The van der Waals surface area contributed by atoms with Crippen LogP contribution in [-0.2, 0) is 4.79 Å². The van der Waals surface area contributed by atoms with E-state index in [-0.39, 0.29) is 5.91 Å². The van der Waals surface area contributed by atoms with Crippen LogP contribution in [0.2, 0.25) is 0 Å². The maximum absolute atomic E-state index is 12.3. The van der Waals surface area contributed by atoms with Crippen molar-refractivity contribution in [2.45, 2.75) is 38.0 Å². The standard InChI is InChI=1S/C19H27N5OS2/c1-13(2)11-20-18-22-23-19(27-18)26-12-17(25)21-16-7-6-15(10-14(16)3)24-8-4-5-9-24/h6-7,10,13H,4-5,8-9,11-12H2,1-3H3,(H,20,22)(H,21,25). The molecule has 6 nitrogen and oxygen atoms in total. The molecule has 1 saturated heterocycles. The van der Waals surface area contributed by atoms with E-state index in [1.165, 1.54) is 41.6 Å². The van der Waals surface area contributed by atoms with Gasteiger partial charge in [0.1, 0.15) is 0 Å². The number of carbonyl (C=O) groups excluding carboxylic acids is 1. The fourth-order valence-corrected chi connectivity index (χ4v) is 4.46. The highest BCUT2D eigenvalue weighted by Crippen LogP contribution is 2.27. The highest BCUT2D eigenvalue weighted by Gasteiger charge is 2.14. The monoisotopic (exact) mass is 405 g/mol. The Kier molecular flexibility index (Phi) is 6.95. The number of aromatic nitrogens is 2. The van der Waals surface area contributed by atoms with Crippen LogP contribution in [0.25, 0.3) is 0 Å². The smallest absolute Gasteiger partial charge is 0.234 e. The summed E-state index contributed by atoms with van der Waals surface area (Å²) in [5, 5.41) is 15.3. The van der Waals surface area contributed by atoms with Crippen LogP contribution in [0.5, 0.6) is 0 Å². The molecule has 0 saturated carbocycles. The Morgan fingerprint density at radius 1 is 1.30 bits per heavy atom. The van der Waals surface area contributed by atoms with E-state index >= 15 is 0 Å². The molecule has 0 unspecified atom stereocenters. The predicted molar refractivity (Wildman–Crippen MR) is 115 cm³/mol. The summed E-state index contributed by atoms with van der Waals surface area (Å²) in [5.41, 5.74) is 3.21. The summed E-state index contributed by atoms with van der Waals surface area (Å²) < 4.78 is 0.803. The lowest BCUT2D eigenvalue weighted by Gasteiger charge is -2.19. The van der Waals surface area contributed by atoms with Gasteiger partial charge in [-0.15, -0.1) is 10.2 Å². The van der Waals surface area contributed by atoms with Gasteiger partial charge in [0.15, 0.2) is 4.34 Å². The molecule has 1 aromatic carbocycles. The van der Waals surface area contributed by atoms with E-state index in [9.17, 15) is 4.79 Å². The van der Waals surface area contributed by atoms with Gasteiger partial charge < -0.3 is 15.5 Å². The van der Waals surface area contributed by atoms with Gasteiger partial charge >= 0.3 is 0 Å². The van der Waals surface area contributed by atoms with E-state index in [2.05, 4.69) is 51.7 Å². The molecule has 27 heavy (non-hydrogen) atoms. The van der Waals surface area contributed by atoms with Crippen molar-refractivity contribution in [1.82, 2.24) is 10.2 Å². The number of carbonyl (C=O) groups is 1. The third-order valence-corrected chi connectivity index (χ3v) is 6.36. The van der Waals surface area contributed by atoms with E-state index in [1.54, 1.807) is 0 Å². The molecule has 3 rings (SSSR count). The quantitative estimate of drug-likeness (QED) is 0.640. The van der Waals surface area contributed by atoms with E-state index in [0.717, 1.165) is 40.4 Å². The third kappa shape index (κ3) is 5.84. The van der Waals surface area contributed by atoms with Gasteiger partial charge in [-0.1, -0.05) is 36.9 Å². The minimum atomic E-state index is -0.0242. The SMILES string of the molecule is Cc1cc(N2CCCC2)ccc1NC(=O)CSc1nnc(NCC(C)C)s1. The van der Waals surface area contributed by atoms with Crippen molar-refractivity contribution in [3.05, 3.63) is 23.8 Å². The topological polar surface area (TPSA) is 70.2 Å². The number of benzene rings is 1. The zero-order chi connectivity index (χ0) is 19.2. The normalized spacial score (nSPS) is 14.0. The Morgan fingerprint density at radius 2 is 2.07 bits per heavy atom. The second-order valence-electron chi connectivity index (χ2n) is 7.18. The van der Waals surface area contributed by atoms with E-state index in [0.29, 0.717) is 11.7 Å². The van der Waals surface area contributed by atoms with E-state index in [1.807, 2.05) is 13.0 Å². The fraction of sp³-hybridized carbons (Fsp3) is 0.526. The molecule has 146 valence electrons. The first-order valence-corrected chi connectivity index (χ1v) is 11.2. The molecule has 0 spiro atoms. The first kappa shape index (κ1) is 19.9. The van der Waals surface area contributed by atoms with Gasteiger partial charge in [0.25, 0.3) is 0 Å². The Morgan fingerprint density at radius 3 is 2.78 bits per heavy atom. The number of hydrogen-bond donors (Lipinski definition) is 2. The number of hydrogen-bond acceptors (Lipinski definition) is 7. The third-order valence-electron chi connectivity index (χ3n) is 4.35. The highest BCUT2D eigenvalue weighted by atomic mass is 32.2. The van der Waals surface area contributed by atoms with Crippen molar-refractivity contribution in [2.24, 2.45) is 5.92 Å². The molecule has 1 amide bonds. The molecular weight excluding hydrogens is 378 g/mol. The van der Waals surface area contributed by atoms with Crippen LogP contribution >= 0.6 is 23.1 Å². The molecule has 1 fully saturated rings. The van der Waals surface area contributed by atoms with Gasteiger partial charge in [-0.25, -0.2) is 0 Å². The van der Waals surface area contributed by atoms with Crippen LogP contribution < -0.4 is 15.5 Å². The number of nitrogens with one attached hydrogen (secondary N) is 2. The summed E-state index contributed by atoms with van der Waals surface area (Å²) in [4.78, 5) is 14.7. The molecule has 1 aliphatic rings. The summed E-state index contributed by atoms with van der Waals surface area (Å²) in [5.74, 6) is 0.853. The van der Waals surface area contributed by atoms with Crippen molar-refractivity contribution in [2.75, 3.05) is 40.9 Å². The summed E-state index contributed by atoms with van der Waals surface area (Å²) >= 11 is 2.90. The van der Waals surface area contributed by atoms with Crippen molar-refractivity contribution in [1.29, 1.82) is 0 Å². The van der Waals surface area contributed by atoms with E-state index in [4.69, 9.17) is 0 Å². The summed E-state index contributed by atoms with van der Waals surface area (Å²) in [7, 11) is 0. The number of amides is 1. The number of anilines is 3. The number of aryl methyl sites for hydroxylation is 1. The Hall–Kier alpha value is -1.80. The first-order chi connectivity index (χ1) is 13.0. The van der Waals surface area contributed by atoms with Crippen LogP contribution in [0.1, 0.15) is 32.3 Å². The number of nitrogens with zero attached hydrogens (tertiary/aromatic N) is 3. The van der Waals surface area contributed by atoms with Crippen LogP contribution in [-0.4, -0.2) is 41.5 Å². The zero-order valence-electron chi connectivity index (χ0n) is 16.1. The molecule has 2 N–H and O–H groups in total. The Balaban J connectivity index is 1.49. The molecule has 0 radical (unpaired) electrons.